The van der Waals surface area contributed by atoms with Crippen molar-refractivity contribution in [1.29, 1.82) is 0 Å². The monoisotopic (exact) mass is 557 g/mol. The molecule has 0 radical (unpaired) electrons. The molecule has 14 heteroatoms. The molecule has 202 valence electrons. The summed E-state index contributed by atoms with van der Waals surface area (Å²) < 4.78 is 41.5. The van der Waals surface area contributed by atoms with E-state index in [2.05, 4.69) is 30.6 Å². The molecule has 0 saturated carbocycles. The molecule has 1 aliphatic rings. The van der Waals surface area contributed by atoms with Gasteiger partial charge in [0.25, 0.3) is 0 Å². The minimum Gasteiger partial charge on any atom is -0.481 e. The maximum absolute atomic E-state index is 13.6. The highest BCUT2D eigenvalue weighted by Crippen LogP contribution is 2.46. The fourth-order valence-corrected chi connectivity index (χ4v) is 5.37. The molecule has 3 aromatic heterocycles. The lowest BCUT2D eigenvalue weighted by Crippen LogP contribution is -2.47. The zero-order valence-corrected chi connectivity index (χ0v) is 21.3. The average Bonchev–Trinajstić information content (AvgIpc) is 3.54. The number of pyridine rings is 1. The van der Waals surface area contributed by atoms with Crippen LogP contribution in [-0.2, 0) is 4.79 Å². The van der Waals surface area contributed by atoms with Gasteiger partial charge >= 0.3 is 18.2 Å². The van der Waals surface area contributed by atoms with Gasteiger partial charge in [0.1, 0.15) is 0 Å². The number of urea groups is 1. The molecule has 2 amide bonds. The Morgan fingerprint density at radius 2 is 1.92 bits per heavy atom. The molecule has 1 aromatic carbocycles. The van der Waals surface area contributed by atoms with Crippen LogP contribution in [0.4, 0.5) is 29.0 Å². The Bertz CT molecular complexity index is 1530. The number of benzene rings is 1. The summed E-state index contributed by atoms with van der Waals surface area (Å²) in [5.74, 6) is -1.90. The largest absolute Gasteiger partial charge is 0.481 e. The number of hydrogen-bond acceptors (Lipinski definition) is 8. The standard InChI is InChI=1S/C25H22F3N7O3S/c1-2-29-22(38)34-23-33-18-10-14(9-16(19(18)39-23)17-5-3-4-7-30-17)15-11-31-21(32-12-15)35-8-6-24(13-35,20(36)37)25(26,27)28/h3-5,7,9-12H,2,6,8,13H2,1H3,(H,36,37)(H2,29,33,34,38). The fourth-order valence-electron chi connectivity index (χ4n) is 4.41. The molecule has 3 N–H and O–H groups in total. The molecule has 0 spiro atoms. The van der Waals surface area contributed by atoms with Crippen molar-refractivity contribution in [3.05, 3.63) is 48.9 Å². The van der Waals surface area contributed by atoms with Gasteiger partial charge in [0.15, 0.2) is 10.5 Å². The van der Waals surface area contributed by atoms with Crippen LogP contribution in [-0.4, -0.2) is 62.9 Å². The first kappa shape index (κ1) is 26.3. The highest BCUT2D eigenvalue weighted by molar-refractivity contribution is 7.22. The Balaban J connectivity index is 1.49. The number of carbonyl (C=O) groups excluding carboxylic acids is 1. The van der Waals surface area contributed by atoms with Gasteiger partial charge in [-0.25, -0.2) is 19.7 Å². The highest BCUT2D eigenvalue weighted by Gasteiger charge is 2.64. The summed E-state index contributed by atoms with van der Waals surface area (Å²) in [5, 5.41) is 15.1. The SMILES string of the molecule is CCNC(=O)Nc1nc2cc(-c3cnc(N4CCC(C(=O)O)(C(F)(F)F)C4)nc3)cc(-c3ccccn3)c2s1. The Kier molecular flexibility index (Phi) is 6.80. The molecule has 0 bridgehead atoms. The summed E-state index contributed by atoms with van der Waals surface area (Å²) in [6.45, 7) is 1.36. The number of fused-ring (bicyclic) bond motifs is 1. The van der Waals surface area contributed by atoms with E-state index >= 15 is 0 Å². The van der Waals surface area contributed by atoms with Crippen LogP contribution >= 0.6 is 11.3 Å². The van der Waals surface area contributed by atoms with Crippen LogP contribution in [0.25, 0.3) is 32.6 Å². The minimum absolute atomic E-state index is 0.0132. The second kappa shape index (κ2) is 10.1. The van der Waals surface area contributed by atoms with Crippen molar-refractivity contribution in [3.63, 3.8) is 0 Å². The number of thiazole rings is 1. The van der Waals surface area contributed by atoms with Crippen LogP contribution in [0.5, 0.6) is 0 Å². The van der Waals surface area contributed by atoms with E-state index in [1.165, 1.54) is 28.6 Å². The maximum Gasteiger partial charge on any atom is 0.406 e. The molecule has 10 nitrogen and oxygen atoms in total. The number of nitrogens with one attached hydrogen (secondary N) is 2. The van der Waals surface area contributed by atoms with Gasteiger partial charge in [-0.15, -0.1) is 0 Å². The van der Waals surface area contributed by atoms with Gasteiger partial charge in [0.2, 0.25) is 5.95 Å². The molecule has 0 aliphatic carbocycles. The second-order valence-corrected chi connectivity index (χ2v) is 9.92. The van der Waals surface area contributed by atoms with Gasteiger partial charge in [-0.3, -0.25) is 15.1 Å². The van der Waals surface area contributed by atoms with Crippen molar-refractivity contribution >= 4 is 44.6 Å². The van der Waals surface area contributed by atoms with E-state index in [1.54, 1.807) is 25.3 Å². The number of aromatic nitrogens is 4. The summed E-state index contributed by atoms with van der Waals surface area (Å²) in [7, 11) is 0. The van der Waals surface area contributed by atoms with Crippen molar-refractivity contribution in [3.8, 4) is 22.4 Å². The number of halogens is 3. The molecule has 4 aromatic rings. The number of carboxylic acids is 1. The number of carboxylic acid groups (broad SMARTS) is 1. The fraction of sp³-hybridized carbons (Fsp3) is 0.280. The Labute approximate surface area is 223 Å². The Morgan fingerprint density at radius 3 is 2.54 bits per heavy atom. The van der Waals surface area contributed by atoms with Crippen LogP contribution in [0.15, 0.2) is 48.9 Å². The number of carbonyl (C=O) groups is 2. The first-order valence-corrected chi connectivity index (χ1v) is 12.7. The molecular formula is C25H22F3N7O3S. The molecule has 1 saturated heterocycles. The minimum atomic E-state index is -4.90. The lowest BCUT2D eigenvalue weighted by Gasteiger charge is -2.27. The van der Waals surface area contributed by atoms with Crippen LogP contribution in [0.1, 0.15) is 13.3 Å². The topological polar surface area (TPSA) is 133 Å². The van der Waals surface area contributed by atoms with E-state index in [1.807, 2.05) is 18.2 Å². The van der Waals surface area contributed by atoms with E-state index in [9.17, 15) is 27.9 Å². The summed E-state index contributed by atoms with van der Waals surface area (Å²) in [5.41, 5.74) is 0.450. The van der Waals surface area contributed by atoms with Gasteiger partial charge < -0.3 is 15.3 Å². The average molecular weight is 558 g/mol. The van der Waals surface area contributed by atoms with Gasteiger partial charge in [0.05, 0.1) is 15.9 Å². The van der Waals surface area contributed by atoms with E-state index in [4.69, 9.17) is 0 Å². The van der Waals surface area contributed by atoms with Crippen molar-refractivity contribution in [1.82, 2.24) is 25.3 Å². The second-order valence-electron chi connectivity index (χ2n) is 8.92. The van der Waals surface area contributed by atoms with Crippen molar-refractivity contribution in [2.24, 2.45) is 5.41 Å². The molecule has 39 heavy (non-hydrogen) atoms. The molecule has 1 aliphatic heterocycles. The summed E-state index contributed by atoms with van der Waals surface area (Å²) in [6.07, 6.45) is -0.879. The lowest BCUT2D eigenvalue weighted by atomic mass is 9.86. The molecule has 5 rings (SSSR count). The zero-order chi connectivity index (χ0) is 27.8. The van der Waals surface area contributed by atoms with Gasteiger partial charge in [-0.1, -0.05) is 17.4 Å². The summed E-state index contributed by atoms with van der Waals surface area (Å²) >= 11 is 1.30. The van der Waals surface area contributed by atoms with Crippen molar-refractivity contribution < 1.29 is 27.9 Å². The molecule has 4 heterocycles. The number of rotatable bonds is 6. The third-order valence-electron chi connectivity index (χ3n) is 6.46. The van der Waals surface area contributed by atoms with Crippen LogP contribution in [0, 0.1) is 5.41 Å². The predicted octanol–water partition coefficient (Wildman–Crippen LogP) is 4.80. The quantitative estimate of drug-likeness (QED) is 0.308. The van der Waals surface area contributed by atoms with Gasteiger partial charge in [0, 0.05) is 49.4 Å². The van der Waals surface area contributed by atoms with Crippen molar-refractivity contribution in [2.75, 3.05) is 29.9 Å². The third-order valence-corrected chi connectivity index (χ3v) is 7.48. The number of nitrogens with zero attached hydrogens (tertiary/aromatic N) is 5. The van der Waals surface area contributed by atoms with E-state index < -0.39 is 30.5 Å². The number of alkyl halides is 3. The maximum atomic E-state index is 13.6. The van der Waals surface area contributed by atoms with Gasteiger partial charge in [-0.05, 0) is 43.2 Å². The zero-order valence-electron chi connectivity index (χ0n) is 20.5. The van der Waals surface area contributed by atoms with Crippen LogP contribution < -0.4 is 15.5 Å². The van der Waals surface area contributed by atoms with Gasteiger partial charge in [-0.2, -0.15) is 13.2 Å². The third kappa shape index (κ3) is 4.94. The van der Waals surface area contributed by atoms with E-state index in [-0.39, 0.29) is 18.5 Å². The number of amides is 2. The Hall–Kier alpha value is -4.33. The highest BCUT2D eigenvalue weighted by atomic mass is 32.1. The summed E-state index contributed by atoms with van der Waals surface area (Å²) in [6, 6.07) is 8.79. The lowest BCUT2D eigenvalue weighted by molar-refractivity contribution is -0.225. The number of aliphatic carboxylic acids is 1. The Morgan fingerprint density at radius 1 is 1.15 bits per heavy atom. The summed E-state index contributed by atoms with van der Waals surface area (Å²) in [4.78, 5) is 42.3. The van der Waals surface area contributed by atoms with Crippen molar-refractivity contribution in [2.45, 2.75) is 19.5 Å². The van der Waals surface area contributed by atoms with E-state index in [0.29, 0.717) is 34.0 Å². The first-order valence-electron chi connectivity index (χ1n) is 11.9. The van der Waals surface area contributed by atoms with Crippen LogP contribution in [0.3, 0.4) is 0 Å². The first-order chi connectivity index (χ1) is 18.6. The molecule has 1 unspecified atom stereocenters. The van der Waals surface area contributed by atoms with E-state index in [0.717, 1.165) is 10.3 Å². The van der Waals surface area contributed by atoms with Crippen LogP contribution in [0.2, 0.25) is 0 Å². The predicted molar refractivity (Wildman–Crippen MR) is 140 cm³/mol. The normalized spacial score (nSPS) is 17.4. The molecule has 1 atom stereocenters. The molecular weight excluding hydrogens is 535 g/mol. The molecule has 1 fully saturated rings. The number of anilines is 2. The number of hydrogen-bond donors (Lipinski definition) is 3. The smallest absolute Gasteiger partial charge is 0.406 e.